The number of carbonyl (C=O) groups excluding carboxylic acids is 2. The highest BCUT2D eigenvalue weighted by Crippen LogP contribution is 2.33. The summed E-state index contributed by atoms with van der Waals surface area (Å²) in [5.41, 5.74) is 0.449. The van der Waals surface area contributed by atoms with Crippen LogP contribution >= 0.6 is 0 Å². The number of amides is 3. The van der Waals surface area contributed by atoms with E-state index in [4.69, 9.17) is 0 Å². The third-order valence-electron chi connectivity index (χ3n) is 5.00. The first kappa shape index (κ1) is 17.9. The Balaban J connectivity index is 1.92. The highest BCUT2D eigenvalue weighted by molar-refractivity contribution is 7.91. The minimum Gasteiger partial charge on any atom is -0.390 e. The molecule has 136 valence electrons. The summed E-state index contributed by atoms with van der Waals surface area (Å²) >= 11 is 0. The van der Waals surface area contributed by atoms with Crippen molar-refractivity contribution in [2.24, 2.45) is 0 Å². The van der Waals surface area contributed by atoms with Crippen LogP contribution in [-0.4, -0.2) is 54.0 Å². The lowest BCUT2D eigenvalue weighted by Gasteiger charge is -2.26. The van der Waals surface area contributed by atoms with E-state index in [-0.39, 0.29) is 0 Å². The first-order valence-corrected chi connectivity index (χ1v) is 10.0. The van der Waals surface area contributed by atoms with Crippen molar-refractivity contribution in [3.8, 4) is 0 Å². The van der Waals surface area contributed by atoms with Crippen LogP contribution in [0, 0.1) is 0 Å². The van der Waals surface area contributed by atoms with Gasteiger partial charge < -0.3 is 10.4 Å². The van der Waals surface area contributed by atoms with Crippen molar-refractivity contribution < 1.29 is 23.1 Å². The number of imide groups is 1. The maximum Gasteiger partial charge on any atom is 0.325 e. The molecule has 7 nitrogen and oxygen atoms in total. The Kier molecular flexibility index (Phi) is 4.15. The van der Waals surface area contributed by atoms with Crippen LogP contribution in [0.25, 0.3) is 0 Å². The normalized spacial score (nSPS) is 31.6. The molecule has 0 aliphatic carbocycles. The average molecular weight is 366 g/mol. The predicted molar refractivity (Wildman–Crippen MR) is 91.7 cm³/mol. The van der Waals surface area contributed by atoms with Crippen molar-refractivity contribution in [2.75, 3.05) is 11.5 Å². The van der Waals surface area contributed by atoms with Crippen LogP contribution < -0.4 is 5.32 Å². The summed E-state index contributed by atoms with van der Waals surface area (Å²) in [6.07, 6.45) is -1.26. The van der Waals surface area contributed by atoms with Gasteiger partial charge in [0.05, 0.1) is 23.7 Å². The molecule has 3 amide bonds. The topological polar surface area (TPSA) is 104 Å². The molecule has 3 rings (SSSR count). The van der Waals surface area contributed by atoms with Crippen LogP contribution in [0.4, 0.5) is 4.79 Å². The lowest BCUT2D eigenvalue weighted by Crippen LogP contribution is -2.48. The van der Waals surface area contributed by atoms with Gasteiger partial charge in [0.2, 0.25) is 0 Å². The van der Waals surface area contributed by atoms with Crippen LogP contribution in [0.5, 0.6) is 0 Å². The van der Waals surface area contributed by atoms with E-state index in [0.717, 1.165) is 10.5 Å². The highest BCUT2D eigenvalue weighted by atomic mass is 32.2. The second-order valence-corrected chi connectivity index (χ2v) is 9.37. The van der Waals surface area contributed by atoms with E-state index in [2.05, 4.69) is 19.2 Å². The maximum atomic E-state index is 12.9. The predicted octanol–water partition coefficient (Wildman–Crippen LogP) is 0.735. The number of sulfone groups is 1. The molecule has 2 aliphatic rings. The minimum atomic E-state index is -3.47. The van der Waals surface area contributed by atoms with Gasteiger partial charge in [-0.05, 0) is 24.0 Å². The molecular formula is C17H22N2O5S. The number of nitrogens with one attached hydrogen (secondary N) is 1. The third-order valence-corrected chi connectivity index (χ3v) is 6.70. The van der Waals surface area contributed by atoms with Crippen LogP contribution in [0.2, 0.25) is 0 Å². The number of urea groups is 1. The lowest BCUT2D eigenvalue weighted by molar-refractivity contribution is -0.133. The number of aliphatic hydroxyl groups is 1. The van der Waals surface area contributed by atoms with Gasteiger partial charge in [-0.25, -0.2) is 13.2 Å². The SMILES string of the molecule is CC(C)c1ccc([C@]2(C)NC(=O)N([C@H]3CS(=O)(=O)C[C@@H]3O)C2=O)cc1. The van der Waals surface area contributed by atoms with Crippen molar-refractivity contribution >= 4 is 21.8 Å². The molecule has 0 bridgehead atoms. The second-order valence-electron chi connectivity index (χ2n) is 7.22. The minimum absolute atomic E-state index is 0.339. The number of benzene rings is 1. The van der Waals surface area contributed by atoms with E-state index >= 15 is 0 Å². The summed E-state index contributed by atoms with van der Waals surface area (Å²) in [4.78, 5) is 26.2. The number of aliphatic hydroxyl groups excluding tert-OH is 1. The van der Waals surface area contributed by atoms with Gasteiger partial charge in [0.1, 0.15) is 5.54 Å². The average Bonchev–Trinajstić information content (AvgIpc) is 2.92. The highest BCUT2D eigenvalue weighted by Gasteiger charge is 2.55. The zero-order valence-electron chi connectivity index (χ0n) is 14.4. The molecule has 0 unspecified atom stereocenters. The summed E-state index contributed by atoms with van der Waals surface area (Å²) in [6, 6.07) is 5.66. The van der Waals surface area contributed by atoms with Crippen LogP contribution in [0.3, 0.4) is 0 Å². The second kappa shape index (κ2) is 5.81. The van der Waals surface area contributed by atoms with E-state index in [9.17, 15) is 23.1 Å². The van der Waals surface area contributed by atoms with Crippen molar-refractivity contribution in [3.05, 3.63) is 35.4 Å². The Morgan fingerprint density at radius 2 is 1.80 bits per heavy atom. The lowest BCUT2D eigenvalue weighted by atomic mass is 9.89. The molecule has 1 aromatic carbocycles. The largest absolute Gasteiger partial charge is 0.390 e. The Morgan fingerprint density at radius 3 is 2.28 bits per heavy atom. The fraction of sp³-hybridized carbons (Fsp3) is 0.529. The quantitative estimate of drug-likeness (QED) is 0.768. The third kappa shape index (κ3) is 2.93. The van der Waals surface area contributed by atoms with Crippen molar-refractivity contribution in [1.29, 1.82) is 0 Å². The zero-order valence-corrected chi connectivity index (χ0v) is 15.2. The molecule has 2 heterocycles. The fourth-order valence-corrected chi connectivity index (χ4v) is 5.19. The maximum absolute atomic E-state index is 12.9. The number of hydrogen-bond donors (Lipinski definition) is 2. The van der Waals surface area contributed by atoms with Crippen molar-refractivity contribution in [1.82, 2.24) is 10.2 Å². The number of rotatable bonds is 3. The number of hydrogen-bond acceptors (Lipinski definition) is 5. The van der Waals surface area contributed by atoms with Gasteiger partial charge in [0, 0.05) is 0 Å². The summed E-state index contributed by atoms with van der Waals surface area (Å²) in [5.74, 6) is -1.05. The molecule has 2 N–H and O–H groups in total. The van der Waals surface area contributed by atoms with Crippen LogP contribution in [0.1, 0.15) is 37.8 Å². The monoisotopic (exact) mass is 366 g/mol. The summed E-state index contributed by atoms with van der Waals surface area (Å²) in [7, 11) is -3.47. The number of nitrogens with zero attached hydrogens (tertiary/aromatic N) is 1. The van der Waals surface area contributed by atoms with Gasteiger partial charge >= 0.3 is 6.03 Å². The zero-order chi connectivity index (χ0) is 18.6. The Hall–Kier alpha value is -1.93. The molecule has 0 saturated carbocycles. The van der Waals surface area contributed by atoms with Crippen LogP contribution in [-0.2, 0) is 20.2 Å². The smallest absolute Gasteiger partial charge is 0.325 e. The molecule has 2 saturated heterocycles. The first-order chi connectivity index (χ1) is 11.5. The molecule has 3 atom stereocenters. The molecule has 0 aromatic heterocycles. The van der Waals surface area contributed by atoms with Gasteiger partial charge in [0.15, 0.2) is 9.84 Å². The van der Waals surface area contributed by atoms with E-state index in [0.29, 0.717) is 11.5 Å². The summed E-state index contributed by atoms with van der Waals surface area (Å²) in [5, 5.41) is 12.7. The van der Waals surface area contributed by atoms with Gasteiger partial charge in [0.25, 0.3) is 5.91 Å². The van der Waals surface area contributed by atoms with Gasteiger partial charge in [-0.3, -0.25) is 9.69 Å². The Morgan fingerprint density at radius 1 is 1.20 bits per heavy atom. The molecule has 8 heteroatoms. The van der Waals surface area contributed by atoms with Crippen LogP contribution in [0.15, 0.2) is 24.3 Å². The van der Waals surface area contributed by atoms with Crippen molar-refractivity contribution in [3.63, 3.8) is 0 Å². The molecule has 25 heavy (non-hydrogen) atoms. The summed E-state index contributed by atoms with van der Waals surface area (Å²) < 4.78 is 23.4. The van der Waals surface area contributed by atoms with Gasteiger partial charge in [-0.2, -0.15) is 0 Å². The van der Waals surface area contributed by atoms with Crippen molar-refractivity contribution in [2.45, 2.75) is 44.4 Å². The summed E-state index contributed by atoms with van der Waals surface area (Å²) in [6.45, 7) is 5.71. The molecule has 2 fully saturated rings. The first-order valence-electron chi connectivity index (χ1n) is 8.20. The van der Waals surface area contributed by atoms with E-state index in [1.165, 1.54) is 0 Å². The molecule has 0 radical (unpaired) electrons. The molecule has 2 aliphatic heterocycles. The molecule has 1 aromatic rings. The van der Waals surface area contributed by atoms with Gasteiger partial charge in [-0.1, -0.05) is 38.1 Å². The van der Waals surface area contributed by atoms with E-state index in [1.807, 2.05) is 12.1 Å². The number of carbonyl (C=O) groups is 2. The Labute approximate surface area is 146 Å². The Bertz CT molecular complexity index is 818. The van der Waals surface area contributed by atoms with E-state index < -0.39 is 51.0 Å². The molecular weight excluding hydrogens is 344 g/mol. The van der Waals surface area contributed by atoms with Gasteiger partial charge in [-0.15, -0.1) is 0 Å². The standard InChI is InChI=1S/C17H22N2O5S/c1-10(2)11-4-6-12(7-5-11)17(3)15(21)19(16(22)18-17)13-8-25(23,24)9-14(13)20/h4-7,10,13-14,20H,8-9H2,1-3H3,(H,18,22)/t13-,14-,17-/m0/s1. The van der Waals surface area contributed by atoms with E-state index in [1.54, 1.807) is 19.1 Å². The fourth-order valence-electron chi connectivity index (χ4n) is 3.42. The molecule has 0 spiro atoms.